The largest absolute Gasteiger partial charge is 0.494 e. The highest BCUT2D eigenvalue weighted by Crippen LogP contribution is 2.23. The molecule has 0 radical (unpaired) electrons. The third kappa shape index (κ3) is 7.66. The highest BCUT2D eigenvalue weighted by Gasteiger charge is 2.06. The summed E-state index contributed by atoms with van der Waals surface area (Å²) in [5.41, 5.74) is 2.12. The van der Waals surface area contributed by atoms with Crippen LogP contribution in [-0.2, 0) is 13.1 Å². The van der Waals surface area contributed by atoms with Crippen LogP contribution >= 0.6 is 35.3 Å². The van der Waals surface area contributed by atoms with Gasteiger partial charge in [-0.05, 0) is 56.7 Å². The summed E-state index contributed by atoms with van der Waals surface area (Å²) in [6.45, 7) is 7.94. The van der Waals surface area contributed by atoms with Crippen molar-refractivity contribution in [2.24, 2.45) is 4.99 Å². The molecule has 0 aliphatic carbocycles. The van der Waals surface area contributed by atoms with Gasteiger partial charge in [-0.15, -0.1) is 35.3 Å². The lowest BCUT2D eigenvalue weighted by Gasteiger charge is -2.12. The van der Waals surface area contributed by atoms with Crippen molar-refractivity contribution in [1.29, 1.82) is 0 Å². The predicted octanol–water partition coefficient (Wildman–Crippen LogP) is 4.83. The number of nitrogens with zero attached hydrogens (tertiary/aromatic N) is 3. The molecular weight excluding hydrogens is 525 g/mol. The SMILES string of the molecule is CCOc1ccc(Oc2cc(CNC(=NC)NCc3nc(C)c(C)s3)ccn2)cc1.I. The zero-order valence-electron chi connectivity index (χ0n) is 18.1. The second kappa shape index (κ2) is 12.5. The topological polar surface area (TPSA) is 80.7 Å². The van der Waals surface area contributed by atoms with E-state index in [9.17, 15) is 0 Å². The number of nitrogens with one attached hydrogen (secondary N) is 2. The quantitative estimate of drug-likeness (QED) is 0.236. The summed E-state index contributed by atoms with van der Waals surface area (Å²) >= 11 is 1.70. The van der Waals surface area contributed by atoms with E-state index in [2.05, 4.69) is 32.5 Å². The lowest BCUT2D eigenvalue weighted by molar-refractivity contribution is 0.339. The Bertz CT molecular complexity index is 972. The number of aliphatic imine (C=N–C) groups is 1. The van der Waals surface area contributed by atoms with Gasteiger partial charge in [0.15, 0.2) is 5.96 Å². The maximum absolute atomic E-state index is 5.86. The summed E-state index contributed by atoms with van der Waals surface area (Å²) in [4.78, 5) is 14.4. The number of hydrogen-bond acceptors (Lipinski definition) is 6. The summed E-state index contributed by atoms with van der Waals surface area (Å²) in [6.07, 6.45) is 1.73. The minimum atomic E-state index is 0. The number of thiazole rings is 1. The Balaban J connectivity index is 0.00000341. The number of ether oxygens (including phenoxy) is 2. The number of hydrogen-bond donors (Lipinski definition) is 2. The summed E-state index contributed by atoms with van der Waals surface area (Å²) in [7, 11) is 1.75. The number of aromatic nitrogens is 2. The van der Waals surface area contributed by atoms with Gasteiger partial charge in [0, 0.05) is 30.7 Å². The first-order valence-corrected chi connectivity index (χ1v) is 10.6. The summed E-state index contributed by atoms with van der Waals surface area (Å²) in [5.74, 6) is 2.78. The van der Waals surface area contributed by atoms with Crippen LogP contribution in [0.5, 0.6) is 17.4 Å². The van der Waals surface area contributed by atoms with Gasteiger partial charge in [0.05, 0.1) is 18.8 Å². The van der Waals surface area contributed by atoms with Crippen LogP contribution in [0.2, 0.25) is 0 Å². The third-order valence-corrected chi connectivity index (χ3v) is 5.39. The Morgan fingerprint density at radius 3 is 2.42 bits per heavy atom. The molecule has 0 amide bonds. The van der Waals surface area contributed by atoms with Gasteiger partial charge in [0.25, 0.3) is 0 Å². The van der Waals surface area contributed by atoms with E-state index < -0.39 is 0 Å². The average Bonchev–Trinajstić information content (AvgIpc) is 3.07. The molecule has 0 spiro atoms. The van der Waals surface area contributed by atoms with Gasteiger partial charge in [-0.2, -0.15) is 0 Å². The molecule has 0 bridgehead atoms. The van der Waals surface area contributed by atoms with E-state index in [1.54, 1.807) is 24.6 Å². The maximum atomic E-state index is 5.86. The second-order valence-electron chi connectivity index (χ2n) is 6.54. The Labute approximate surface area is 204 Å². The van der Waals surface area contributed by atoms with Crippen LogP contribution in [0.3, 0.4) is 0 Å². The van der Waals surface area contributed by atoms with Crippen LogP contribution in [0.15, 0.2) is 47.6 Å². The molecule has 0 atom stereocenters. The maximum Gasteiger partial charge on any atom is 0.219 e. The molecule has 1 aromatic carbocycles. The molecule has 2 heterocycles. The van der Waals surface area contributed by atoms with Crippen LogP contribution in [0.4, 0.5) is 0 Å². The molecule has 9 heteroatoms. The first kappa shape index (κ1) is 24.9. The minimum Gasteiger partial charge on any atom is -0.494 e. The number of benzene rings is 1. The van der Waals surface area contributed by atoms with Crippen LogP contribution < -0.4 is 20.1 Å². The molecule has 0 unspecified atom stereocenters. The molecule has 2 aromatic heterocycles. The molecule has 0 saturated heterocycles. The Kier molecular flexibility index (Phi) is 9.99. The minimum absolute atomic E-state index is 0. The van der Waals surface area contributed by atoms with Crippen LogP contribution in [0.1, 0.15) is 28.1 Å². The Morgan fingerprint density at radius 1 is 1.06 bits per heavy atom. The van der Waals surface area contributed by atoms with E-state index >= 15 is 0 Å². The molecule has 2 N–H and O–H groups in total. The van der Waals surface area contributed by atoms with E-state index in [0.29, 0.717) is 37.3 Å². The van der Waals surface area contributed by atoms with Crippen molar-refractivity contribution >= 4 is 41.3 Å². The first-order chi connectivity index (χ1) is 14.6. The van der Waals surface area contributed by atoms with Gasteiger partial charge in [-0.25, -0.2) is 9.97 Å². The van der Waals surface area contributed by atoms with E-state index in [0.717, 1.165) is 22.0 Å². The molecule has 7 nitrogen and oxygen atoms in total. The normalized spacial score (nSPS) is 10.9. The fourth-order valence-electron chi connectivity index (χ4n) is 2.69. The Morgan fingerprint density at radius 2 is 1.77 bits per heavy atom. The van der Waals surface area contributed by atoms with E-state index in [-0.39, 0.29) is 24.0 Å². The van der Waals surface area contributed by atoms with Crippen LogP contribution in [0.25, 0.3) is 0 Å². The van der Waals surface area contributed by atoms with Crippen molar-refractivity contribution in [2.45, 2.75) is 33.9 Å². The van der Waals surface area contributed by atoms with Gasteiger partial charge in [0.2, 0.25) is 5.88 Å². The molecule has 0 aliphatic heterocycles. The van der Waals surface area contributed by atoms with Crippen LogP contribution in [-0.4, -0.2) is 29.6 Å². The lowest BCUT2D eigenvalue weighted by Crippen LogP contribution is -2.36. The first-order valence-electron chi connectivity index (χ1n) is 9.80. The van der Waals surface area contributed by atoms with E-state index in [4.69, 9.17) is 9.47 Å². The van der Waals surface area contributed by atoms with Crippen molar-refractivity contribution in [1.82, 2.24) is 20.6 Å². The smallest absolute Gasteiger partial charge is 0.219 e. The summed E-state index contributed by atoms with van der Waals surface area (Å²) < 4.78 is 11.3. The molecule has 0 fully saturated rings. The van der Waals surface area contributed by atoms with Crippen LogP contribution in [0, 0.1) is 13.8 Å². The fraction of sp³-hybridized carbons (Fsp3) is 0.318. The van der Waals surface area contributed by atoms with E-state index in [1.165, 1.54) is 4.88 Å². The highest BCUT2D eigenvalue weighted by molar-refractivity contribution is 14.0. The molecule has 3 rings (SSSR count). The van der Waals surface area contributed by atoms with Gasteiger partial charge in [-0.1, -0.05) is 0 Å². The number of guanidine groups is 1. The van der Waals surface area contributed by atoms with E-state index in [1.807, 2.05) is 50.2 Å². The van der Waals surface area contributed by atoms with Crippen molar-refractivity contribution in [3.8, 4) is 17.4 Å². The van der Waals surface area contributed by atoms with Crippen molar-refractivity contribution < 1.29 is 9.47 Å². The monoisotopic (exact) mass is 553 g/mol. The third-order valence-electron chi connectivity index (χ3n) is 4.32. The van der Waals surface area contributed by atoms with Crippen molar-refractivity contribution in [3.05, 3.63) is 63.7 Å². The van der Waals surface area contributed by atoms with Gasteiger partial charge < -0.3 is 20.1 Å². The molecule has 0 saturated carbocycles. The lowest BCUT2D eigenvalue weighted by atomic mass is 10.2. The zero-order valence-corrected chi connectivity index (χ0v) is 21.3. The molecule has 3 aromatic rings. The number of rotatable bonds is 8. The molecule has 166 valence electrons. The van der Waals surface area contributed by atoms with Crippen molar-refractivity contribution in [2.75, 3.05) is 13.7 Å². The standard InChI is InChI=1S/C22H27N5O2S.HI/c1-5-28-18-6-8-19(9-7-18)29-20-12-17(10-11-24-20)13-25-22(23-4)26-14-21-27-15(2)16(3)30-21;/h6-12H,5,13-14H2,1-4H3,(H2,23,25,26);1H. The van der Waals surface area contributed by atoms with Gasteiger partial charge in [0.1, 0.15) is 16.5 Å². The average molecular weight is 553 g/mol. The molecular formula is C22H28IN5O2S. The number of halogens is 1. The predicted molar refractivity (Wildman–Crippen MR) is 136 cm³/mol. The summed E-state index contributed by atoms with van der Waals surface area (Å²) in [5, 5.41) is 7.64. The fourth-order valence-corrected chi connectivity index (χ4v) is 3.56. The number of aryl methyl sites for hydroxylation is 2. The highest BCUT2D eigenvalue weighted by atomic mass is 127. The second-order valence-corrected chi connectivity index (χ2v) is 7.83. The number of pyridine rings is 1. The van der Waals surface area contributed by atoms with Gasteiger partial charge >= 0.3 is 0 Å². The van der Waals surface area contributed by atoms with Crippen molar-refractivity contribution in [3.63, 3.8) is 0 Å². The molecule has 31 heavy (non-hydrogen) atoms. The molecule has 0 aliphatic rings. The summed E-state index contributed by atoms with van der Waals surface area (Å²) in [6, 6.07) is 11.3. The zero-order chi connectivity index (χ0) is 21.3. The Hall–Kier alpha value is -2.40. The van der Waals surface area contributed by atoms with Gasteiger partial charge in [-0.3, -0.25) is 4.99 Å².